The molecule has 29 heavy (non-hydrogen) atoms. The number of anilines is 3. The van der Waals surface area contributed by atoms with Crippen molar-refractivity contribution in [3.05, 3.63) is 48.5 Å². The van der Waals surface area contributed by atoms with Crippen LogP contribution < -0.4 is 15.5 Å². The highest BCUT2D eigenvalue weighted by Gasteiger charge is 2.30. The molecular formula is C20H20F3N3O2S. The van der Waals surface area contributed by atoms with Crippen molar-refractivity contribution in [1.82, 2.24) is 0 Å². The molecule has 2 aromatic rings. The molecule has 154 valence electrons. The van der Waals surface area contributed by atoms with E-state index in [0.717, 1.165) is 0 Å². The van der Waals surface area contributed by atoms with Crippen molar-refractivity contribution >= 4 is 40.6 Å². The SMILES string of the molecule is CC1CC(=O)Nc2ccccc2N1C(=O)CNc1ccccc1SCC(F)(F)F. The standard InChI is InChI=1S/C20H20F3N3O2S/c1-13-10-18(27)25-14-6-2-4-8-16(14)26(13)19(28)11-24-15-7-3-5-9-17(15)29-12-20(21,22)23/h2-9,13,24H,10-12H2,1H3,(H,25,27). The molecule has 1 atom stereocenters. The fourth-order valence-electron chi connectivity index (χ4n) is 3.12. The van der Waals surface area contributed by atoms with Crippen LogP contribution in [0.4, 0.5) is 30.2 Å². The second kappa shape index (κ2) is 8.77. The molecule has 2 N–H and O–H groups in total. The highest BCUT2D eigenvalue weighted by Crippen LogP contribution is 2.33. The normalized spacial score (nSPS) is 16.6. The van der Waals surface area contributed by atoms with E-state index in [9.17, 15) is 22.8 Å². The number of thioether (sulfide) groups is 1. The first-order valence-corrected chi connectivity index (χ1v) is 9.96. The van der Waals surface area contributed by atoms with Crippen molar-refractivity contribution in [2.75, 3.05) is 27.8 Å². The lowest BCUT2D eigenvalue weighted by atomic mass is 10.1. The summed E-state index contributed by atoms with van der Waals surface area (Å²) in [5.74, 6) is -1.47. The molecule has 5 nitrogen and oxygen atoms in total. The predicted molar refractivity (Wildman–Crippen MR) is 108 cm³/mol. The van der Waals surface area contributed by atoms with E-state index in [1.807, 2.05) is 0 Å². The zero-order valence-corrected chi connectivity index (χ0v) is 16.4. The van der Waals surface area contributed by atoms with E-state index in [4.69, 9.17) is 0 Å². The van der Waals surface area contributed by atoms with E-state index in [1.54, 1.807) is 60.4 Å². The first kappa shape index (κ1) is 21.0. The molecule has 9 heteroatoms. The van der Waals surface area contributed by atoms with Crippen molar-refractivity contribution in [1.29, 1.82) is 0 Å². The minimum Gasteiger partial charge on any atom is -0.375 e. The number of fused-ring (bicyclic) bond motifs is 1. The van der Waals surface area contributed by atoms with Gasteiger partial charge in [-0.25, -0.2) is 0 Å². The minimum absolute atomic E-state index is 0.115. The summed E-state index contributed by atoms with van der Waals surface area (Å²) in [5.41, 5.74) is 1.61. The van der Waals surface area contributed by atoms with Gasteiger partial charge in [0.25, 0.3) is 0 Å². The zero-order chi connectivity index (χ0) is 21.0. The van der Waals surface area contributed by atoms with Crippen LogP contribution in [0, 0.1) is 0 Å². The molecule has 0 spiro atoms. The third-order valence-corrected chi connectivity index (χ3v) is 5.48. The molecule has 1 unspecified atom stereocenters. The Morgan fingerprint density at radius 3 is 2.66 bits per heavy atom. The zero-order valence-electron chi connectivity index (χ0n) is 15.6. The van der Waals surface area contributed by atoms with Crippen molar-refractivity contribution in [2.24, 2.45) is 0 Å². The van der Waals surface area contributed by atoms with Crippen LogP contribution >= 0.6 is 11.8 Å². The minimum atomic E-state index is -4.28. The van der Waals surface area contributed by atoms with Crippen LogP contribution in [-0.2, 0) is 9.59 Å². The van der Waals surface area contributed by atoms with E-state index in [2.05, 4.69) is 10.6 Å². The van der Waals surface area contributed by atoms with Gasteiger partial charge in [0.15, 0.2) is 0 Å². The van der Waals surface area contributed by atoms with Gasteiger partial charge in [-0.1, -0.05) is 24.3 Å². The van der Waals surface area contributed by atoms with Gasteiger partial charge in [-0.3, -0.25) is 9.59 Å². The molecule has 1 aliphatic heterocycles. The summed E-state index contributed by atoms with van der Waals surface area (Å²) >= 11 is 0.667. The van der Waals surface area contributed by atoms with Crippen molar-refractivity contribution in [2.45, 2.75) is 30.5 Å². The third kappa shape index (κ3) is 5.44. The van der Waals surface area contributed by atoms with E-state index in [0.29, 0.717) is 33.7 Å². The van der Waals surface area contributed by atoms with Crippen LogP contribution in [0.2, 0.25) is 0 Å². The molecule has 0 radical (unpaired) electrons. The van der Waals surface area contributed by atoms with Gasteiger partial charge < -0.3 is 15.5 Å². The van der Waals surface area contributed by atoms with E-state index in [-0.39, 0.29) is 30.8 Å². The molecule has 1 heterocycles. The van der Waals surface area contributed by atoms with Gasteiger partial charge in [-0.05, 0) is 31.2 Å². The van der Waals surface area contributed by atoms with Crippen molar-refractivity contribution in [3.63, 3.8) is 0 Å². The Hall–Kier alpha value is -2.68. The average Bonchev–Trinajstić information content (AvgIpc) is 2.78. The Labute approximate surface area is 170 Å². The van der Waals surface area contributed by atoms with Crippen LogP contribution in [-0.4, -0.2) is 36.3 Å². The molecule has 0 saturated carbocycles. The topological polar surface area (TPSA) is 61.4 Å². The van der Waals surface area contributed by atoms with Gasteiger partial charge in [-0.15, -0.1) is 11.8 Å². The number of hydrogen-bond acceptors (Lipinski definition) is 4. The number of halogens is 3. The Morgan fingerprint density at radius 1 is 1.21 bits per heavy atom. The Balaban J connectivity index is 1.75. The summed E-state index contributed by atoms with van der Waals surface area (Å²) in [6, 6.07) is 13.2. The van der Waals surface area contributed by atoms with Gasteiger partial charge in [0.1, 0.15) is 0 Å². The monoisotopic (exact) mass is 423 g/mol. The molecule has 0 fully saturated rings. The number of carbonyl (C=O) groups excluding carboxylic acids is 2. The fourth-order valence-corrected chi connectivity index (χ4v) is 3.91. The number of benzene rings is 2. The van der Waals surface area contributed by atoms with E-state index >= 15 is 0 Å². The number of para-hydroxylation sites is 3. The Morgan fingerprint density at radius 2 is 1.90 bits per heavy atom. The van der Waals surface area contributed by atoms with Crippen LogP contribution in [0.3, 0.4) is 0 Å². The van der Waals surface area contributed by atoms with Crippen LogP contribution in [0.5, 0.6) is 0 Å². The quantitative estimate of drug-likeness (QED) is 0.695. The molecule has 2 amide bonds. The molecule has 3 rings (SSSR count). The molecule has 0 bridgehead atoms. The number of hydrogen-bond donors (Lipinski definition) is 2. The van der Waals surface area contributed by atoms with Crippen molar-refractivity contribution in [3.8, 4) is 0 Å². The van der Waals surface area contributed by atoms with Gasteiger partial charge >= 0.3 is 6.18 Å². The lowest BCUT2D eigenvalue weighted by molar-refractivity contribution is -0.118. The third-order valence-electron chi connectivity index (χ3n) is 4.34. The van der Waals surface area contributed by atoms with E-state index in [1.165, 1.54) is 0 Å². The summed E-state index contributed by atoms with van der Waals surface area (Å²) in [7, 11) is 0. The number of nitrogens with one attached hydrogen (secondary N) is 2. The number of nitrogens with zero attached hydrogens (tertiary/aromatic N) is 1. The number of carbonyl (C=O) groups is 2. The highest BCUT2D eigenvalue weighted by atomic mass is 32.2. The second-order valence-corrected chi connectivity index (χ2v) is 7.65. The van der Waals surface area contributed by atoms with Gasteiger partial charge in [-0.2, -0.15) is 13.2 Å². The summed E-state index contributed by atoms with van der Waals surface area (Å²) in [4.78, 5) is 27.0. The summed E-state index contributed by atoms with van der Waals surface area (Å²) in [6.45, 7) is 1.67. The molecular weight excluding hydrogens is 403 g/mol. The first-order chi connectivity index (χ1) is 13.7. The summed E-state index contributed by atoms with van der Waals surface area (Å²) < 4.78 is 37.6. The smallest absolute Gasteiger partial charge is 0.375 e. The Bertz CT molecular complexity index is 905. The van der Waals surface area contributed by atoms with Crippen molar-refractivity contribution < 1.29 is 22.8 Å². The average molecular weight is 423 g/mol. The van der Waals surface area contributed by atoms with E-state index < -0.39 is 11.9 Å². The van der Waals surface area contributed by atoms with Crippen LogP contribution in [0.25, 0.3) is 0 Å². The first-order valence-electron chi connectivity index (χ1n) is 8.98. The maximum Gasteiger partial charge on any atom is 0.398 e. The van der Waals surface area contributed by atoms with Crippen LogP contribution in [0.15, 0.2) is 53.4 Å². The Kier molecular flexibility index (Phi) is 6.36. The lowest BCUT2D eigenvalue weighted by Crippen LogP contribution is -2.42. The lowest BCUT2D eigenvalue weighted by Gasteiger charge is -2.28. The summed E-state index contributed by atoms with van der Waals surface area (Å²) in [5, 5.41) is 5.73. The largest absolute Gasteiger partial charge is 0.398 e. The van der Waals surface area contributed by atoms with Gasteiger partial charge in [0, 0.05) is 23.0 Å². The molecule has 2 aromatic carbocycles. The molecule has 0 aromatic heterocycles. The second-order valence-electron chi connectivity index (χ2n) is 6.64. The molecule has 1 aliphatic rings. The number of rotatable bonds is 5. The highest BCUT2D eigenvalue weighted by molar-refractivity contribution is 7.99. The summed E-state index contributed by atoms with van der Waals surface area (Å²) in [6.07, 6.45) is -4.13. The predicted octanol–water partition coefficient (Wildman–Crippen LogP) is 4.52. The maximum absolute atomic E-state index is 13.0. The van der Waals surface area contributed by atoms with Gasteiger partial charge in [0.05, 0.1) is 23.7 Å². The molecule has 0 saturated heterocycles. The number of amides is 2. The molecule has 0 aliphatic carbocycles. The number of alkyl halides is 3. The van der Waals surface area contributed by atoms with Gasteiger partial charge in [0.2, 0.25) is 11.8 Å². The fraction of sp³-hybridized carbons (Fsp3) is 0.300. The maximum atomic E-state index is 13.0. The van der Waals surface area contributed by atoms with Crippen LogP contribution in [0.1, 0.15) is 13.3 Å².